The van der Waals surface area contributed by atoms with Gasteiger partial charge in [0.15, 0.2) is 0 Å². The maximum Gasteiger partial charge on any atom is 0.493 e. The third kappa shape index (κ3) is 9.52. The van der Waals surface area contributed by atoms with Crippen LogP contribution in [0.15, 0.2) is 78.9 Å². The van der Waals surface area contributed by atoms with Crippen LogP contribution in [0.1, 0.15) is 5.56 Å². The van der Waals surface area contributed by atoms with E-state index in [1.54, 1.807) is 24.3 Å². The fraction of sp³-hybridized carbons (Fsp3) is 0.259. The van der Waals surface area contributed by atoms with E-state index >= 15 is 0 Å². The molecule has 0 unspecified atom stereocenters. The number of amides is 2. The lowest BCUT2D eigenvalue weighted by Gasteiger charge is -2.22. The largest absolute Gasteiger partial charge is 0.493 e. The van der Waals surface area contributed by atoms with Gasteiger partial charge in [0.25, 0.3) is 0 Å². The lowest BCUT2D eigenvalue weighted by molar-refractivity contribution is -0.199. The Morgan fingerprint density at radius 3 is 2.20 bits per heavy atom. The van der Waals surface area contributed by atoms with Crippen molar-refractivity contribution in [2.75, 3.05) is 30.1 Å². The van der Waals surface area contributed by atoms with Gasteiger partial charge in [0.05, 0.1) is 12.3 Å². The van der Waals surface area contributed by atoms with Crippen molar-refractivity contribution >= 4 is 23.4 Å². The zero-order valence-electron chi connectivity index (χ0n) is 21.0. The molecule has 13 heteroatoms. The Bertz CT molecular complexity index is 1230. The molecule has 214 valence electrons. The molecule has 0 saturated heterocycles. The van der Waals surface area contributed by atoms with E-state index < -0.39 is 36.1 Å². The van der Waals surface area contributed by atoms with Gasteiger partial charge in [-0.25, -0.2) is 14.0 Å². The molecule has 0 spiro atoms. The van der Waals surface area contributed by atoms with Crippen LogP contribution in [0.5, 0.6) is 5.75 Å². The second kappa shape index (κ2) is 14.3. The number of anilines is 2. The zero-order valence-corrected chi connectivity index (χ0v) is 21.0. The lowest BCUT2D eigenvalue weighted by atomic mass is 10.1. The first-order chi connectivity index (χ1) is 19.0. The highest BCUT2D eigenvalue weighted by Crippen LogP contribution is 2.23. The van der Waals surface area contributed by atoms with Gasteiger partial charge in [-0.05, 0) is 60.5 Å². The van der Waals surface area contributed by atoms with Crippen LogP contribution >= 0.6 is 0 Å². The number of halogens is 4. The third-order valence-corrected chi connectivity index (χ3v) is 5.39. The molecular weight excluding hydrogens is 538 g/mol. The van der Waals surface area contributed by atoms with Crippen molar-refractivity contribution in [2.45, 2.75) is 24.7 Å². The molecule has 4 N–H and O–H groups in total. The SMILES string of the molecule is O=C(Nc1ccc(C[C@@H](CO)NC[C@H](O)COc2ccccc2)cc1)N(OC(=O)C(F)(F)F)c1ccc(F)cc1. The number of urea groups is 1. The van der Waals surface area contributed by atoms with Crippen LogP contribution < -0.4 is 20.4 Å². The van der Waals surface area contributed by atoms with Gasteiger partial charge >= 0.3 is 18.2 Å². The molecule has 9 nitrogen and oxygen atoms in total. The predicted molar refractivity (Wildman–Crippen MR) is 137 cm³/mol. The van der Waals surface area contributed by atoms with Gasteiger partial charge in [-0.2, -0.15) is 13.2 Å². The maximum absolute atomic E-state index is 13.2. The summed E-state index contributed by atoms with van der Waals surface area (Å²) in [5, 5.41) is 25.3. The fourth-order valence-electron chi connectivity index (χ4n) is 3.38. The number of alkyl halides is 3. The molecule has 0 aromatic heterocycles. The van der Waals surface area contributed by atoms with Crippen molar-refractivity contribution in [2.24, 2.45) is 0 Å². The number of hydrogen-bond donors (Lipinski definition) is 4. The summed E-state index contributed by atoms with van der Waals surface area (Å²) in [6.45, 7) is -0.0270. The minimum absolute atomic E-state index is 0.0524. The van der Waals surface area contributed by atoms with Gasteiger partial charge in [-0.1, -0.05) is 30.3 Å². The number of aliphatic hydroxyl groups excluding tert-OH is 2. The van der Waals surface area contributed by atoms with Gasteiger partial charge in [0.1, 0.15) is 24.3 Å². The Labute approximate surface area is 226 Å². The summed E-state index contributed by atoms with van der Waals surface area (Å²) in [7, 11) is 0. The summed E-state index contributed by atoms with van der Waals surface area (Å²) in [6, 6.07) is 17.2. The number of nitrogens with zero attached hydrogens (tertiary/aromatic N) is 1. The second-order valence-corrected chi connectivity index (χ2v) is 8.54. The van der Waals surface area contributed by atoms with E-state index in [4.69, 9.17) is 4.74 Å². The Hall–Kier alpha value is -4.20. The smallest absolute Gasteiger partial charge is 0.491 e. The molecule has 0 aliphatic heterocycles. The van der Waals surface area contributed by atoms with Crippen LogP contribution in [0, 0.1) is 5.82 Å². The van der Waals surface area contributed by atoms with Crippen LogP contribution in [0.2, 0.25) is 0 Å². The molecule has 3 rings (SSSR count). The molecule has 3 aromatic carbocycles. The summed E-state index contributed by atoms with van der Waals surface area (Å²) in [5.74, 6) is -2.74. The molecular formula is C27H27F4N3O6. The van der Waals surface area contributed by atoms with Crippen molar-refractivity contribution in [1.82, 2.24) is 5.32 Å². The summed E-state index contributed by atoms with van der Waals surface area (Å²) >= 11 is 0. The van der Waals surface area contributed by atoms with E-state index in [1.807, 2.05) is 18.2 Å². The number of benzene rings is 3. The van der Waals surface area contributed by atoms with Gasteiger partial charge in [0.2, 0.25) is 0 Å². The highest BCUT2D eigenvalue weighted by molar-refractivity contribution is 6.01. The Morgan fingerprint density at radius 1 is 0.950 bits per heavy atom. The van der Waals surface area contributed by atoms with Gasteiger partial charge < -0.3 is 30.4 Å². The van der Waals surface area contributed by atoms with Crippen LogP contribution in [0.4, 0.5) is 33.7 Å². The molecule has 3 aromatic rings. The van der Waals surface area contributed by atoms with Crippen molar-refractivity contribution in [1.29, 1.82) is 0 Å². The van der Waals surface area contributed by atoms with E-state index in [0.717, 1.165) is 29.8 Å². The summed E-state index contributed by atoms with van der Waals surface area (Å²) in [4.78, 5) is 28.2. The van der Waals surface area contributed by atoms with Gasteiger partial charge in [-0.15, -0.1) is 5.06 Å². The van der Waals surface area contributed by atoms with Crippen LogP contribution in [-0.2, 0) is 16.1 Å². The number of rotatable bonds is 11. The standard InChI is InChI=1S/C27H27F4N3O6/c28-19-8-12-22(13-9-19)34(40-25(37)27(29,30)31)26(38)33-20-10-6-18(7-11-20)14-21(16-35)32-15-23(36)17-39-24-4-2-1-3-5-24/h1-13,21,23,32,35-36H,14-17H2,(H,33,38)/t21-,23-/m0/s1. The monoisotopic (exact) mass is 565 g/mol. The Morgan fingerprint density at radius 2 is 1.60 bits per heavy atom. The first-order valence-electron chi connectivity index (χ1n) is 12.0. The number of carbonyl (C=O) groups excluding carboxylic acids is 2. The molecule has 40 heavy (non-hydrogen) atoms. The van der Waals surface area contributed by atoms with E-state index in [0.29, 0.717) is 12.2 Å². The molecule has 0 bridgehead atoms. The average molecular weight is 566 g/mol. The highest BCUT2D eigenvalue weighted by Gasteiger charge is 2.43. The van der Waals surface area contributed by atoms with E-state index in [1.165, 1.54) is 12.1 Å². The first-order valence-corrected chi connectivity index (χ1v) is 12.0. The molecule has 2 amide bonds. The number of hydrogen-bond acceptors (Lipinski definition) is 7. The summed E-state index contributed by atoms with van der Waals surface area (Å²) < 4.78 is 56.9. The zero-order chi connectivity index (χ0) is 29.1. The fourth-order valence-corrected chi connectivity index (χ4v) is 3.38. The quantitative estimate of drug-likeness (QED) is 0.206. The molecule has 0 aliphatic rings. The molecule has 0 saturated carbocycles. The van der Waals surface area contributed by atoms with E-state index in [-0.39, 0.29) is 36.2 Å². The van der Waals surface area contributed by atoms with Crippen LogP contribution in [-0.4, -0.2) is 60.3 Å². The minimum atomic E-state index is -5.37. The number of carbonyl (C=O) groups is 2. The number of aliphatic hydroxyl groups is 2. The maximum atomic E-state index is 13.2. The van der Waals surface area contributed by atoms with E-state index in [2.05, 4.69) is 15.5 Å². The first kappa shape index (κ1) is 30.3. The van der Waals surface area contributed by atoms with Crippen LogP contribution in [0.3, 0.4) is 0 Å². The topological polar surface area (TPSA) is 120 Å². The van der Waals surface area contributed by atoms with Crippen molar-refractivity contribution < 1.29 is 46.9 Å². The summed E-state index contributed by atoms with van der Waals surface area (Å²) in [5.41, 5.74) is 0.575. The number of nitrogens with one attached hydrogen (secondary N) is 2. The molecule has 0 heterocycles. The Balaban J connectivity index is 1.56. The van der Waals surface area contributed by atoms with Gasteiger partial charge in [0, 0.05) is 18.3 Å². The van der Waals surface area contributed by atoms with E-state index in [9.17, 15) is 37.4 Å². The normalized spacial score (nSPS) is 12.8. The van der Waals surface area contributed by atoms with Crippen LogP contribution in [0.25, 0.3) is 0 Å². The van der Waals surface area contributed by atoms with Crippen molar-refractivity contribution in [3.63, 3.8) is 0 Å². The minimum Gasteiger partial charge on any atom is -0.491 e. The Kier molecular flexibility index (Phi) is 10.8. The van der Waals surface area contributed by atoms with Crippen molar-refractivity contribution in [3.8, 4) is 5.75 Å². The molecule has 0 fully saturated rings. The third-order valence-electron chi connectivity index (χ3n) is 5.39. The summed E-state index contributed by atoms with van der Waals surface area (Å²) in [6.07, 6.45) is -5.85. The highest BCUT2D eigenvalue weighted by atomic mass is 19.4. The second-order valence-electron chi connectivity index (χ2n) is 8.54. The predicted octanol–water partition coefficient (Wildman–Crippen LogP) is 3.82. The number of para-hydroxylation sites is 1. The number of hydroxylamine groups is 1. The van der Waals surface area contributed by atoms with Crippen molar-refractivity contribution in [3.05, 3.63) is 90.2 Å². The molecule has 2 atom stereocenters. The molecule has 0 aliphatic carbocycles. The van der Waals surface area contributed by atoms with Gasteiger partial charge in [-0.3, -0.25) is 0 Å². The average Bonchev–Trinajstić information content (AvgIpc) is 2.94. The number of ether oxygens (including phenoxy) is 1. The lowest BCUT2D eigenvalue weighted by Crippen LogP contribution is -2.41. The molecule has 0 radical (unpaired) electrons.